The second-order valence-electron chi connectivity index (χ2n) is 5.96. The summed E-state index contributed by atoms with van der Waals surface area (Å²) in [5.74, 6) is -0.953. The molecule has 0 spiro atoms. The molecule has 2 amide bonds. The molecule has 0 heterocycles. The van der Waals surface area contributed by atoms with E-state index in [0.29, 0.717) is 17.7 Å². The molecule has 2 N–H and O–H groups in total. The highest BCUT2D eigenvalue weighted by molar-refractivity contribution is 7.90. The molecule has 6 nitrogen and oxygen atoms in total. The molecule has 0 saturated heterocycles. The van der Waals surface area contributed by atoms with E-state index in [4.69, 9.17) is 0 Å². The smallest absolute Gasteiger partial charge is 0.265 e. The van der Waals surface area contributed by atoms with E-state index in [1.54, 1.807) is 19.1 Å². The number of hydrogen-bond acceptors (Lipinski definition) is 4. The van der Waals surface area contributed by atoms with Crippen molar-refractivity contribution in [1.29, 1.82) is 0 Å². The summed E-state index contributed by atoms with van der Waals surface area (Å²) in [7, 11) is -4.03. The molecule has 0 fully saturated rings. The third kappa shape index (κ3) is 4.49. The van der Waals surface area contributed by atoms with Crippen molar-refractivity contribution in [2.75, 3.05) is 6.54 Å². The van der Waals surface area contributed by atoms with Crippen LogP contribution in [0.3, 0.4) is 0 Å². The van der Waals surface area contributed by atoms with Gasteiger partial charge in [-0.2, -0.15) is 0 Å². The van der Waals surface area contributed by atoms with Crippen LogP contribution in [0, 0.1) is 13.8 Å². The first-order valence-electron chi connectivity index (χ1n) is 8.28. The fraction of sp³-hybridized carbons (Fsp3) is 0.263. The molecular formula is C19H22N2O4S. The Morgan fingerprint density at radius 3 is 2.23 bits per heavy atom. The Labute approximate surface area is 153 Å². The van der Waals surface area contributed by atoms with Gasteiger partial charge in [0.15, 0.2) is 0 Å². The van der Waals surface area contributed by atoms with Crippen molar-refractivity contribution >= 4 is 21.8 Å². The Balaban J connectivity index is 2.18. The van der Waals surface area contributed by atoms with E-state index in [-0.39, 0.29) is 10.8 Å². The van der Waals surface area contributed by atoms with E-state index in [1.165, 1.54) is 24.3 Å². The normalized spacial score (nSPS) is 11.0. The number of nitrogens with one attached hydrogen (secondary N) is 2. The zero-order chi connectivity index (χ0) is 19.3. The molecule has 0 unspecified atom stereocenters. The summed E-state index contributed by atoms with van der Waals surface area (Å²) in [6.45, 7) is 6.10. The Bertz CT molecular complexity index is 919. The molecule has 7 heteroatoms. The van der Waals surface area contributed by atoms with Crippen LogP contribution in [0.15, 0.2) is 47.4 Å². The summed E-state index contributed by atoms with van der Waals surface area (Å²) in [5.41, 5.74) is 2.29. The minimum Gasteiger partial charge on any atom is -0.352 e. The molecule has 0 aliphatic heterocycles. The third-order valence-electron chi connectivity index (χ3n) is 4.04. The van der Waals surface area contributed by atoms with Gasteiger partial charge in [-0.25, -0.2) is 13.1 Å². The first-order valence-corrected chi connectivity index (χ1v) is 9.76. The van der Waals surface area contributed by atoms with Gasteiger partial charge in [0.05, 0.1) is 4.90 Å². The van der Waals surface area contributed by atoms with Crippen LogP contribution in [0.25, 0.3) is 0 Å². The monoisotopic (exact) mass is 374 g/mol. The van der Waals surface area contributed by atoms with Crippen molar-refractivity contribution < 1.29 is 18.0 Å². The van der Waals surface area contributed by atoms with Gasteiger partial charge in [-0.3, -0.25) is 9.59 Å². The molecule has 0 saturated carbocycles. The van der Waals surface area contributed by atoms with E-state index >= 15 is 0 Å². The predicted molar refractivity (Wildman–Crippen MR) is 99.6 cm³/mol. The number of amides is 2. The first kappa shape index (κ1) is 19.7. The topological polar surface area (TPSA) is 92.3 Å². The summed E-state index contributed by atoms with van der Waals surface area (Å²) in [5, 5.41) is 2.71. The lowest BCUT2D eigenvalue weighted by molar-refractivity contribution is 0.0951. The average molecular weight is 374 g/mol. The second kappa shape index (κ2) is 8.14. The minimum atomic E-state index is -4.03. The highest BCUT2D eigenvalue weighted by atomic mass is 32.2. The highest BCUT2D eigenvalue weighted by Gasteiger charge is 2.20. The largest absolute Gasteiger partial charge is 0.352 e. The molecule has 26 heavy (non-hydrogen) atoms. The van der Waals surface area contributed by atoms with Gasteiger partial charge < -0.3 is 5.32 Å². The summed E-state index contributed by atoms with van der Waals surface area (Å²) >= 11 is 0. The van der Waals surface area contributed by atoms with Gasteiger partial charge in [-0.05, 0) is 61.7 Å². The number of hydrogen-bond donors (Lipinski definition) is 2. The van der Waals surface area contributed by atoms with Crippen LogP contribution in [0.5, 0.6) is 0 Å². The van der Waals surface area contributed by atoms with Crippen molar-refractivity contribution in [3.05, 3.63) is 64.7 Å². The average Bonchev–Trinajstić information content (AvgIpc) is 2.61. The van der Waals surface area contributed by atoms with Gasteiger partial charge in [0, 0.05) is 17.7 Å². The van der Waals surface area contributed by atoms with Gasteiger partial charge in [0.1, 0.15) is 0 Å². The zero-order valence-corrected chi connectivity index (χ0v) is 15.8. The number of carbonyl (C=O) groups excluding carboxylic acids is 2. The summed E-state index contributed by atoms with van der Waals surface area (Å²) in [6.07, 6.45) is 0.808. The Morgan fingerprint density at radius 2 is 1.62 bits per heavy atom. The lowest BCUT2D eigenvalue weighted by Gasteiger charge is -2.11. The van der Waals surface area contributed by atoms with Crippen molar-refractivity contribution in [1.82, 2.24) is 10.0 Å². The lowest BCUT2D eigenvalue weighted by atomic mass is 10.0. The van der Waals surface area contributed by atoms with Gasteiger partial charge in [-0.15, -0.1) is 0 Å². The summed E-state index contributed by atoms with van der Waals surface area (Å²) in [4.78, 5) is 24.1. The molecule has 0 aliphatic rings. The molecular weight excluding hydrogens is 352 g/mol. The van der Waals surface area contributed by atoms with Crippen LogP contribution in [0.4, 0.5) is 0 Å². The van der Waals surface area contributed by atoms with Gasteiger partial charge in [0.2, 0.25) is 0 Å². The molecule has 0 aliphatic carbocycles. The van der Waals surface area contributed by atoms with Crippen LogP contribution in [0.2, 0.25) is 0 Å². The van der Waals surface area contributed by atoms with Crippen LogP contribution >= 0.6 is 0 Å². The maximum Gasteiger partial charge on any atom is 0.265 e. The maximum atomic E-state index is 12.4. The van der Waals surface area contributed by atoms with E-state index in [2.05, 4.69) is 10.0 Å². The van der Waals surface area contributed by atoms with Gasteiger partial charge in [0.25, 0.3) is 21.8 Å². The van der Waals surface area contributed by atoms with E-state index < -0.39 is 15.9 Å². The number of carbonyl (C=O) groups is 2. The number of aryl methyl sites for hydroxylation is 1. The van der Waals surface area contributed by atoms with Gasteiger partial charge in [-0.1, -0.05) is 19.1 Å². The highest BCUT2D eigenvalue weighted by Crippen LogP contribution is 2.15. The van der Waals surface area contributed by atoms with Crippen LogP contribution < -0.4 is 10.0 Å². The summed E-state index contributed by atoms with van der Waals surface area (Å²) < 4.78 is 26.9. The molecule has 0 radical (unpaired) electrons. The van der Waals surface area contributed by atoms with E-state index in [1.807, 2.05) is 19.9 Å². The zero-order valence-electron chi connectivity index (χ0n) is 15.0. The van der Waals surface area contributed by atoms with Crippen LogP contribution in [-0.2, 0) is 10.0 Å². The molecule has 138 valence electrons. The molecule has 2 aromatic rings. The Kier molecular flexibility index (Phi) is 6.15. The Morgan fingerprint density at radius 1 is 0.962 bits per heavy atom. The predicted octanol–water partition coefficient (Wildman–Crippen LogP) is 2.56. The van der Waals surface area contributed by atoms with Crippen LogP contribution in [0.1, 0.15) is 45.2 Å². The molecule has 0 bridgehead atoms. The molecule has 2 aromatic carbocycles. The maximum absolute atomic E-state index is 12.4. The van der Waals surface area contributed by atoms with Crippen molar-refractivity contribution in [2.24, 2.45) is 0 Å². The second-order valence-corrected chi connectivity index (χ2v) is 7.64. The van der Waals surface area contributed by atoms with Crippen LogP contribution in [-0.4, -0.2) is 26.8 Å². The number of sulfonamides is 1. The first-order chi connectivity index (χ1) is 12.3. The number of rotatable bonds is 6. The number of benzene rings is 2. The summed E-state index contributed by atoms with van der Waals surface area (Å²) in [6, 6.07) is 10.6. The fourth-order valence-corrected chi connectivity index (χ4v) is 3.33. The van der Waals surface area contributed by atoms with Crippen molar-refractivity contribution in [2.45, 2.75) is 32.1 Å². The standard InChI is InChI=1S/C19H22N2O4S/c1-4-12-20-18(22)15-8-10-16(11-9-15)26(24,25)21-19(23)17-7-5-6-13(2)14(17)3/h5-11H,4,12H2,1-3H3,(H,20,22)(H,21,23). The van der Waals surface area contributed by atoms with E-state index in [9.17, 15) is 18.0 Å². The van der Waals surface area contributed by atoms with Crippen molar-refractivity contribution in [3.8, 4) is 0 Å². The van der Waals surface area contributed by atoms with E-state index in [0.717, 1.165) is 17.5 Å². The lowest BCUT2D eigenvalue weighted by Crippen LogP contribution is -2.31. The Hall–Kier alpha value is -2.67. The minimum absolute atomic E-state index is 0.0804. The van der Waals surface area contributed by atoms with Crippen molar-refractivity contribution in [3.63, 3.8) is 0 Å². The van der Waals surface area contributed by atoms with Gasteiger partial charge >= 0.3 is 0 Å². The fourth-order valence-electron chi connectivity index (χ4n) is 2.36. The quantitative estimate of drug-likeness (QED) is 0.813. The molecule has 0 atom stereocenters. The molecule has 2 rings (SSSR count). The SMILES string of the molecule is CCCNC(=O)c1ccc(S(=O)(=O)NC(=O)c2cccc(C)c2C)cc1. The third-order valence-corrected chi connectivity index (χ3v) is 5.39. The molecule has 0 aromatic heterocycles.